The Morgan fingerprint density at radius 1 is 1.42 bits per heavy atom. The van der Waals surface area contributed by atoms with Gasteiger partial charge in [-0.05, 0) is 13.8 Å². The minimum atomic E-state index is -4.57. The van der Waals surface area contributed by atoms with Crippen LogP contribution in [-0.4, -0.2) is 24.0 Å². The average Bonchev–Trinajstić information content (AvgIpc) is 1.85. The molecule has 0 aliphatic heterocycles. The van der Waals surface area contributed by atoms with Gasteiger partial charge in [-0.3, -0.25) is 0 Å². The first kappa shape index (κ1) is 10.8. The molecule has 4 nitrogen and oxygen atoms in total. The minimum absolute atomic E-state index is 0.789. The molecule has 0 radical (unpaired) electrons. The number of aliphatic carboxylic acids is 1. The number of ether oxygens (including phenoxy) is 1. The van der Waals surface area contributed by atoms with Crippen molar-refractivity contribution in [3.05, 3.63) is 0 Å². The minimum Gasteiger partial charge on any atom is -0.543 e. The third-order valence-corrected chi connectivity index (χ3v) is 0.855. The maximum absolute atomic E-state index is 12.2. The van der Waals surface area contributed by atoms with Crippen molar-refractivity contribution in [1.29, 1.82) is 0 Å². The molecule has 6 heteroatoms. The second-order valence-corrected chi connectivity index (χ2v) is 2.32. The van der Waals surface area contributed by atoms with E-state index in [-0.39, 0.29) is 0 Å². The Labute approximate surface area is 67.1 Å². The van der Waals surface area contributed by atoms with Gasteiger partial charge < -0.3 is 14.6 Å². The Morgan fingerprint density at radius 2 is 1.83 bits per heavy atom. The first-order valence-electron chi connectivity index (χ1n) is 3.08. The molecule has 0 aromatic rings. The summed E-state index contributed by atoms with van der Waals surface area (Å²) in [6, 6.07) is 0. The Morgan fingerprint density at radius 3 is 2.08 bits per heavy atom. The molecular formula is C6H7F2O4-. The van der Waals surface area contributed by atoms with Crippen LogP contribution < -0.4 is 5.11 Å². The van der Waals surface area contributed by atoms with Crippen LogP contribution in [0.4, 0.5) is 8.78 Å². The van der Waals surface area contributed by atoms with Gasteiger partial charge in [0.2, 0.25) is 0 Å². The molecule has 0 unspecified atom stereocenters. The lowest BCUT2D eigenvalue weighted by Gasteiger charge is -2.17. The van der Waals surface area contributed by atoms with Crippen molar-refractivity contribution >= 4 is 11.9 Å². The number of esters is 1. The number of rotatable bonds is 3. The molecule has 0 amide bonds. The van der Waals surface area contributed by atoms with Gasteiger partial charge in [-0.2, -0.15) is 8.78 Å². The Kier molecular flexibility index (Phi) is 3.12. The normalized spacial score (nSPS) is 11.4. The molecule has 12 heavy (non-hydrogen) atoms. The van der Waals surface area contributed by atoms with Crippen molar-refractivity contribution in [2.75, 3.05) is 0 Å². The zero-order valence-electron chi connectivity index (χ0n) is 6.47. The van der Waals surface area contributed by atoms with Crippen molar-refractivity contribution in [3.8, 4) is 0 Å². The quantitative estimate of drug-likeness (QED) is 0.427. The summed E-state index contributed by atoms with van der Waals surface area (Å²) in [5, 5.41) is 9.68. The molecule has 0 rings (SSSR count). The van der Waals surface area contributed by atoms with Crippen LogP contribution in [0.15, 0.2) is 0 Å². The molecule has 0 saturated carbocycles. The van der Waals surface area contributed by atoms with Crippen molar-refractivity contribution in [1.82, 2.24) is 0 Å². The summed E-state index contributed by atoms with van der Waals surface area (Å²) in [5.74, 6) is -9.42. The lowest BCUT2D eigenvalue weighted by atomic mass is 10.3. The number of alkyl halides is 2. The summed E-state index contributed by atoms with van der Waals surface area (Å²) in [5.41, 5.74) is 0. The maximum atomic E-state index is 12.2. The van der Waals surface area contributed by atoms with Gasteiger partial charge in [0.1, 0.15) is 5.97 Å². The van der Waals surface area contributed by atoms with Gasteiger partial charge in [-0.25, -0.2) is 4.79 Å². The van der Waals surface area contributed by atoms with E-state index in [4.69, 9.17) is 0 Å². The van der Waals surface area contributed by atoms with Crippen LogP contribution in [-0.2, 0) is 14.3 Å². The molecule has 0 aromatic carbocycles. The summed E-state index contributed by atoms with van der Waals surface area (Å²) in [7, 11) is 0. The monoisotopic (exact) mass is 181 g/mol. The standard InChI is InChI=1S/C6H8F2O4/c1-3(2)12-5(11)6(7,8)4(9)10/h3H,1-2H3,(H,9,10)/p-1. The molecular weight excluding hydrogens is 174 g/mol. The number of carboxylic acid groups (broad SMARTS) is 1. The Bertz CT molecular complexity index is 200. The van der Waals surface area contributed by atoms with E-state index < -0.39 is 24.0 Å². The highest BCUT2D eigenvalue weighted by molar-refractivity contribution is 5.99. The Hall–Kier alpha value is -1.20. The lowest BCUT2D eigenvalue weighted by molar-refractivity contribution is -0.327. The van der Waals surface area contributed by atoms with E-state index in [1.54, 1.807) is 0 Å². The maximum Gasteiger partial charge on any atom is 0.383 e. The predicted octanol–water partition coefficient (Wildman–Crippen LogP) is -0.677. The molecule has 0 fully saturated rings. The topological polar surface area (TPSA) is 66.4 Å². The lowest BCUT2D eigenvalue weighted by Crippen LogP contribution is -2.48. The number of hydrogen-bond donors (Lipinski definition) is 0. The van der Waals surface area contributed by atoms with Gasteiger partial charge in [-0.15, -0.1) is 0 Å². The van der Waals surface area contributed by atoms with Crippen LogP contribution in [0.1, 0.15) is 13.8 Å². The first-order valence-corrected chi connectivity index (χ1v) is 3.08. The molecule has 70 valence electrons. The van der Waals surface area contributed by atoms with E-state index in [0.717, 1.165) is 0 Å². The number of carbonyl (C=O) groups excluding carboxylic acids is 2. The van der Waals surface area contributed by atoms with Crippen LogP contribution in [0.2, 0.25) is 0 Å². The summed E-state index contributed by atoms with van der Waals surface area (Å²) >= 11 is 0. The van der Waals surface area contributed by atoms with Gasteiger partial charge in [-0.1, -0.05) is 0 Å². The van der Waals surface area contributed by atoms with Crippen molar-refractivity contribution in [2.45, 2.75) is 25.9 Å². The van der Waals surface area contributed by atoms with E-state index in [1.807, 2.05) is 0 Å². The van der Waals surface area contributed by atoms with Gasteiger partial charge in [0.25, 0.3) is 0 Å². The van der Waals surface area contributed by atoms with Crippen LogP contribution in [0.5, 0.6) is 0 Å². The average molecular weight is 181 g/mol. The van der Waals surface area contributed by atoms with Gasteiger partial charge in [0.15, 0.2) is 0 Å². The molecule has 0 heterocycles. The van der Waals surface area contributed by atoms with Crippen molar-refractivity contribution in [2.24, 2.45) is 0 Å². The second-order valence-electron chi connectivity index (χ2n) is 2.32. The number of carbonyl (C=O) groups is 2. The predicted molar refractivity (Wildman–Crippen MR) is 31.2 cm³/mol. The van der Waals surface area contributed by atoms with Crippen LogP contribution in [0, 0.1) is 0 Å². The van der Waals surface area contributed by atoms with E-state index in [0.29, 0.717) is 0 Å². The van der Waals surface area contributed by atoms with Gasteiger partial charge in [0, 0.05) is 0 Å². The highest BCUT2D eigenvalue weighted by Crippen LogP contribution is 2.15. The highest BCUT2D eigenvalue weighted by atomic mass is 19.3. The van der Waals surface area contributed by atoms with Gasteiger partial charge in [0.05, 0.1) is 6.10 Å². The van der Waals surface area contributed by atoms with Crippen LogP contribution in [0.3, 0.4) is 0 Å². The van der Waals surface area contributed by atoms with E-state index in [9.17, 15) is 23.5 Å². The van der Waals surface area contributed by atoms with Crippen molar-refractivity contribution < 1.29 is 28.2 Å². The summed E-state index contributed by atoms with van der Waals surface area (Å²) in [4.78, 5) is 20.0. The van der Waals surface area contributed by atoms with Crippen LogP contribution >= 0.6 is 0 Å². The number of hydrogen-bond acceptors (Lipinski definition) is 4. The van der Waals surface area contributed by atoms with Gasteiger partial charge >= 0.3 is 11.9 Å². The number of carboxylic acids is 1. The van der Waals surface area contributed by atoms with Crippen molar-refractivity contribution in [3.63, 3.8) is 0 Å². The van der Waals surface area contributed by atoms with Crippen LogP contribution in [0.25, 0.3) is 0 Å². The third-order valence-electron chi connectivity index (χ3n) is 0.855. The zero-order valence-corrected chi connectivity index (χ0v) is 6.47. The molecule has 0 spiro atoms. The smallest absolute Gasteiger partial charge is 0.383 e. The van der Waals surface area contributed by atoms with E-state index in [1.165, 1.54) is 13.8 Å². The fourth-order valence-corrected chi connectivity index (χ4v) is 0.371. The zero-order chi connectivity index (χ0) is 9.94. The molecule has 0 aromatic heterocycles. The highest BCUT2D eigenvalue weighted by Gasteiger charge is 2.43. The summed E-state index contributed by atoms with van der Waals surface area (Å²) in [6.45, 7) is 2.65. The first-order chi connectivity index (χ1) is 5.28. The fourth-order valence-electron chi connectivity index (χ4n) is 0.371. The molecule has 0 saturated heterocycles. The van der Waals surface area contributed by atoms with E-state index in [2.05, 4.69) is 4.74 Å². The molecule has 0 aliphatic carbocycles. The SMILES string of the molecule is CC(C)OC(=O)C(F)(F)C(=O)[O-]. The molecule has 0 aliphatic rings. The fraction of sp³-hybridized carbons (Fsp3) is 0.667. The van der Waals surface area contributed by atoms with E-state index >= 15 is 0 Å². The molecule has 0 atom stereocenters. The molecule has 0 N–H and O–H groups in total. The summed E-state index contributed by atoms with van der Waals surface area (Å²) in [6.07, 6.45) is -0.789. The molecule has 0 bridgehead atoms. The third kappa shape index (κ3) is 2.44. The summed E-state index contributed by atoms with van der Waals surface area (Å²) < 4.78 is 28.3. The largest absolute Gasteiger partial charge is 0.543 e. The Balaban J connectivity index is 4.36. The number of halogens is 2. The second kappa shape index (κ2) is 3.46.